The van der Waals surface area contributed by atoms with Crippen LogP contribution in [-0.2, 0) is 16.0 Å². The van der Waals surface area contributed by atoms with Gasteiger partial charge in [-0.15, -0.1) is 0 Å². The Bertz CT molecular complexity index is 854. The van der Waals surface area contributed by atoms with E-state index in [0.29, 0.717) is 29.5 Å². The van der Waals surface area contributed by atoms with Crippen molar-refractivity contribution >= 4 is 17.5 Å². The third-order valence-corrected chi connectivity index (χ3v) is 5.19. The van der Waals surface area contributed by atoms with Gasteiger partial charge in [-0.25, -0.2) is 4.99 Å². The van der Waals surface area contributed by atoms with Gasteiger partial charge in [0.05, 0.1) is 0 Å². The first-order valence-electron chi connectivity index (χ1n) is 10.4. The molecule has 156 valence electrons. The van der Waals surface area contributed by atoms with Crippen molar-refractivity contribution in [2.45, 2.75) is 65.4 Å². The Hall–Kier alpha value is -2.63. The van der Waals surface area contributed by atoms with Gasteiger partial charge in [-0.1, -0.05) is 32.4 Å². The molecule has 1 amide bonds. The number of amides is 1. The van der Waals surface area contributed by atoms with Crippen molar-refractivity contribution in [2.24, 2.45) is 10.9 Å². The number of benzene rings is 1. The summed E-state index contributed by atoms with van der Waals surface area (Å²) in [7, 11) is 0. The van der Waals surface area contributed by atoms with Gasteiger partial charge in [0.1, 0.15) is 17.1 Å². The zero-order chi connectivity index (χ0) is 21.0. The normalized spacial score (nSPS) is 17.7. The van der Waals surface area contributed by atoms with Gasteiger partial charge in [-0.2, -0.15) is 0 Å². The number of ketones is 1. The molecule has 1 aromatic rings. The molecular formula is C23H30N2O4. The van der Waals surface area contributed by atoms with Gasteiger partial charge in [0.25, 0.3) is 5.91 Å². The molecule has 0 saturated heterocycles. The summed E-state index contributed by atoms with van der Waals surface area (Å²) in [6.45, 7) is 8.00. The van der Waals surface area contributed by atoms with Crippen molar-refractivity contribution in [3.05, 3.63) is 35.5 Å². The van der Waals surface area contributed by atoms with Gasteiger partial charge in [0, 0.05) is 24.3 Å². The summed E-state index contributed by atoms with van der Waals surface area (Å²) in [5.41, 5.74) is 1.27. The Morgan fingerprint density at radius 2 is 2.10 bits per heavy atom. The molecule has 2 heterocycles. The van der Waals surface area contributed by atoms with Crippen molar-refractivity contribution in [1.29, 1.82) is 0 Å². The molecule has 2 aliphatic rings. The molecule has 0 aromatic heterocycles. The number of carbonyl (C=O) groups is 2. The fraction of sp³-hybridized carbons (Fsp3) is 0.522. The summed E-state index contributed by atoms with van der Waals surface area (Å²) in [5.74, 6) is 1.52. The van der Waals surface area contributed by atoms with Gasteiger partial charge in [0.2, 0.25) is 0 Å². The smallest absolute Gasteiger partial charge is 0.263 e. The number of nitrogens with zero attached hydrogens (tertiary/aromatic N) is 1. The molecule has 2 aliphatic heterocycles. The lowest BCUT2D eigenvalue weighted by Crippen LogP contribution is -2.33. The molecular weight excluding hydrogens is 368 g/mol. The first kappa shape index (κ1) is 21.1. The van der Waals surface area contributed by atoms with Gasteiger partial charge < -0.3 is 14.8 Å². The maximum absolute atomic E-state index is 12.5. The van der Waals surface area contributed by atoms with Crippen LogP contribution in [-0.4, -0.2) is 29.7 Å². The monoisotopic (exact) mass is 398 g/mol. The average Bonchev–Trinajstić information content (AvgIpc) is 3.26. The van der Waals surface area contributed by atoms with E-state index in [0.717, 1.165) is 31.2 Å². The molecule has 1 aromatic carbocycles. The molecule has 0 saturated carbocycles. The lowest BCUT2D eigenvalue weighted by atomic mass is 9.94. The molecule has 0 fully saturated rings. The highest BCUT2D eigenvalue weighted by Crippen LogP contribution is 2.41. The highest BCUT2D eigenvalue weighted by molar-refractivity contribution is 6.07. The van der Waals surface area contributed by atoms with Crippen molar-refractivity contribution in [1.82, 2.24) is 5.32 Å². The van der Waals surface area contributed by atoms with Crippen LogP contribution in [0.5, 0.6) is 11.5 Å². The fourth-order valence-electron chi connectivity index (χ4n) is 3.78. The Labute approximate surface area is 172 Å². The Kier molecular flexibility index (Phi) is 6.40. The Morgan fingerprint density at radius 1 is 1.31 bits per heavy atom. The predicted octanol–water partition coefficient (Wildman–Crippen LogP) is 3.98. The van der Waals surface area contributed by atoms with E-state index in [4.69, 9.17) is 9.47 Å². The summed E-state index contributed by atoms with van der Waals surface area (Å²) < 4.78 is 11.7. The van der Waals surface area contributed by atoms with Crippen LogP contribution in [0, 0.1) is 5.92 Å². The van der Waals surface area contributed by atoms with E-state index >= 15 is 0 Å². The quantitative estimate of drug-likeness (QED) is 0.719. The number of nitrogens with one attached hydrogen (secondary N) is 1. The van der Waals surface area contributed by atoms with Gasteiger partial charge >= 0.3 is 0 Å². The summed E-state index contributed by atoms with van der Waals surface area (Å²) in [5, 5.41) is 2.75. The van der Waals surface area contributed by atoms with Crippen LogP contribution in [0.3, 0.4) is 0 Å². The Balaban J connectivity index is 1.54. The van der Waals surface area contributed by atoms with Crippen LogP contribution in [0.25, 0.3) is 0 Å². The van der Waals surface area contributed by atoms with E-state index in [1.165, 1.54) is 0 Å². The number of allylic oxidation sites excluding steroid dienone is 1. The van der Waals surface area contributed by atoms with E-state index in [9.17, 15) is 9.59 Å². The summed E-state index contributed by atoms with van der Waals surface area (Å²) in [6.07, 6.45) is 5.67. The number of hydrogen-bond acceptors (Lipinski definition) is 5. The van der Waals surface area contributed by atoms with Gasteiger partial charge in [-0.3, -0.25) is 9.59 Å². The zero-order valence-corrected chi connectivity index (χ0v) is 17.7. The third-order valence-electron chi connectivity index (χ3n) is 5.19. The van der Waals surface area contributed by atoms with Crippen molar-refractivity contribution in [3.63, 3.8) is 0 Å². The lowest BCUT2D eigenvalue weighted by Gasteiger charge is -2.18. The number of hydrogen-bond donors (Lipinski definition) is 1. The number of para-hydroxylation sites is 1. The number of aliphatic imine (C=N–C) groups is 1. The first-order valence-corrected chi connectivity index (χ1v) is 10.4. The van der Waals surface area contributed by atoms with Crippen molar-refractivity contribution in [2.75, 3.05) is 6.61 Å². The highest BCUT2D eigenvalue weighted by atomic mass is 16.5. The second kappa shape index (κ2) is 8.80. The highest BCUT2D eigenvalue weighted by Gasteiger charge is 2.32. The second-order valence-corrected chi connectivity index (χ2v) is 8.23. The van der Waals surface area contributed by atoms with Crippen LogP contribution >= 0.6 is 0 Å². The van der Waals surface area contributed by atoms with Crippen LogP contribution in [0.4, 0.5) is 0 Å². The SMILES string of the molecule is CCCC(CC)C(=O)C1=CCC(NC(=O)COc2cccc3c2OC(C)(C)C3)=N1. The molecule has 1 unspecified atom stereocenters. The van der Waals surface area contributed by atoms with E-state index in [1.54, 1.807) is 12.1 Å². The fourth-order valence-corrected chi connectivity index (χ4v) is 3.78. The van der Waals surface area contributed by atoms with E-state index in [-0.39, 0.29) is 29.8 Å². The van der Waals surface area contributed by atoms with Crippen molar-refractivity contribution < 1.29 is 19.1 Å². The number of ether oxygens (including phenoxy) is 2. The zero-order valence-electron chi connectivity index (χ0n) is 17.7. The molecule has 6 heteroatoms. The number of amidine groups is 1. The molecule has 0 bridgehead atoms. The standard InChI is InChI=1S/C23H30N2O4/c1-5-8-15(6-2)21(27)17-11-12-19(24-17)25-20(26)14-28-18-10-7-9-16-13-23(3,4)29-22(16)18/h7,9-11,15H,5-6,8,12-14H2,1-4H3,(H,24,25,26). The molecule has 29 heavy (non-hydrogen) atoms. The van der Waals surface area contributed by atoms with Gasteiger partial charge in [0.15, 0.2) is 23.9 Å². The first-order chi connectivity index (χ1) is 13.8. The number of rotatable bonds is 8. The predicted molar refractivity (Wildman–Crippen MR) is 112 cm³/mol. The summed E-state index contributed by atoms with van der Waals surface area (Å²) in [6, 6.07) is 5.72. The van der Waals surface area contributed by atoms with Crippen LogP contribution in [0.2, 0.25) is 0 Å². The molecule has 0 aliphatic carbocycles. The van der Waals surface area contributed by atoms with E-state index in [1.807, 2.05) is 32.9 Å². The molecule has 0 radical (unpaired) electrons. The largest absolute Gasteiger partial charge is 0.483 e. The van der Waals surface area contributed by atoms with Crippen LogP contribution in [0.15, 0.2) is 35.0 Å². The molecule has 6 nitrogen and oxygen atoms in total. The minimum atomic E-state index is -0.304. The minimum absolute atomic E-state index is 0.00203. The second-order valence-electron chi connectivity index (χ2n) is 8.23. The number of fused-ring (bicyclic) bond motifs is 1. The molecule has 3 rings (SSSR count). The van der Waals surface area contributed by atoms with Crippen LogP contribution < -0.4 is 14.8 Å². The average molecular weight is 399 g/mol. The van der Waals surface area contributed by atoms with Gasteiger partial charge in [-0.05, 0) is 38.8 Å². The topological polar surface area (TPSA) is 77.0 Å². The van der Waals surface area contributed by atoms with Crippen LogP contribution in [0.1, 0.15) is 58.9 Å². The minimum Gasteiger partial charge on any atom is -0.483 e. The van der Waals surface area contributed by atoms with E-state index < -0.39 is 0 Å². The Morgan fingerprint density at radius 3 is 2.83 bits per heavy atom. The number of carbonyl (C=O) groups excluding carboxylic acids is 2. The van der Waals surface area contributed by atoms with Crippen molar-refractivity contribution in [3.8, 4) is 11.5 Å². The molecule has 0 spiro atoms. The summed E-state index contributed by atoms with van der Waals surface area (Å²) in [4.78, 5) is 29.2. The van der Waals surface area contributed by atoms with E-state index in [2.05, 4.69) is 17.2 Å². The maximum atomic E-state index is 12.5. The maximum Gasteiger partial charge on any atom is 0.263 e. The molecule has 1 N–H and O–H groups in total. The summed E-state index contributed by atoms with van der Waals surface area (Å²) >= 11 is 0. The molecule has 1 atom stereocenters. The third kappa shape index (κ3) is 5.05. The lowest BCUT2D eigenvalue weighted by molar-refractivity contribution is -0.122. The number of Topliss-reactive ketones (excluding diaryl/α,β-unsaturated/α-hetero) is 1.